The van der Waals surface area contributed by atoms with Crippen LogP contribution in [0.1, 0.15) is 33.3 Å². The first kappa shape index (κ1) is 22.8. The summed E-state index contributed by atoms with van der Waals surface area (Å²) in [6.07, 6.45) is 0. The molecule has 34 heavy (non-hydrogen) atoms. The molecule has 0 aliphatic rings. The second-order valence-corrected chi connectivity index (χ2v) is 8.11. The van der Waals surface area contributed by atoms with E-state index in [-0.39, 0.29) is 39.3 Å². The van der Waals surface area contributed by atoms with E-state index in [1.54, 1.807) is 24.4 Å². The number of esters is 1. The summed E-state index contributed by atoms with van der Waals surface area (Å²) < 4.78 is 6.22. The van der Waals surface area contributed by atoms with Crippen LogP contribution in [-0.4, -0.2) is 33.2 Å². The van der Waals surface area contributed by atoms with Gasteiger partial charge in [-0.2, -0.15) is 9.78 Å². The zero-order chi connectivity index (χ0) is 24.4. The third-order valence-corrected chi connectivity index (χ3v) is 5.86. The van der Waals surface area contributed by atoms with E-state index in [1.165, 1.54) is 24.3 Å². The molecule has 1 amide bonds. The first-order valence-corrected chi connectivity index (χ1v) is 11.0. The molecule has 11 heteroatoms. The Morgan fingerprint density at radius 1 is 1.15 bits per heavy atom. The van der Waals surface area contributed by atoms with Crippen LogP contribution in [0.3, 0.4) is 0 Å². The van der Waals surface area contributed by atoms with Gasteiger partial charge in [0.15, 0.2) is 5.69 Å². The second kappa shape index (κ2) is 9.24. The molecular weight excluding hydrogens is 460 g/mol. The summed E-state index contributed by atoms with van der Waals surface area (Å²) in [6, 6.07) is 12.1. The van der Waals surface area contributed by atoms with E-state index in [4.69, 9.17) is 4.74 Å². The molecule has 10 nitrogen and oxygen atoms in total. The normalized spacial score (nSPS) is 10.8. The zero-order valence-electron chi connectivity index (χ0n) is 18.1. The molecule has 0 aliphatic carbocycles. The number of carbonyl (C=O) groups is 2. The number of hydrogen-bond acceptors (Lipinski definition) is 8. The molecule has 172 valence electrons. The number of benzene rings is 2. The third kappa shape index (κ3) is 4.28. The van der Waals surface area contributed by atoms with Crippen molar-refractivity contribution in [3.63, 3.8) is 0 Å². The number of nitro groups is 1. The number of aromatic nitrogens is 2. The number of nitrogens with zero attached hydrogens (tertiary/aromatic N) is 3. The Labute approximate surface area is 196 Å². The number of rotatable bonds is 6. The lowest BCUT2D eigenvalue weighted by Crippen LogP contribution is -2.25. The Hall–Kier alpha value is -4.38. The number of nitro benzene ring substituents is 1. The number of nitrogens with one attached hydrogen (secondary N) is 1. The number of amides is 1. The maximum atomic E-state index is 13.4. The highest BCUT2D eigenvalue weighted by molar-refractivity contribution is 7.16. The molecule has 0 unspecified atom stereocenters. The molecule has 2 heterocycles. The van der Waals surface area contributed by atoms with Gasteiger partial charge in [-0.05, 0) is 38.1 Å². The quantitative estimate of drug-likeness (QED) is 0.251. The number of thiophene rings is 1. The van der Waals surface area contributed by atoms with Crippen LogP contribution in [0.15, 0.2) is 58.7 Å². The molecule has 0 saturated heterocycles. The topological polar surface area (TPSA) is 133 Å². The second-order valence-electron chi connectivity index (χ2n) is 7.23. The van der Waals surface area contributed by atoms with Crippen LogP contribution in [0.5, 0.6) is 0 Å². The largest absolute Gasteiger partial charge is 0.461 e. The number of aryl methyl sites for hydroxylation is 1. The fraction of sp³-hybridized carbons (Fsp3) is 0.130. The van der Waals surface area contributed by atoms with E-state index in [2.05, 4.69) is 10.4 Å². The molecule has 0 saturated carbocycles. The fourth-order valence-corrected chi connectivity index (χ4v) is 4.19. The molecule has 0 bridgehead atoms. The van der Waals surface area contributed by atoms with Gasteiger partial charge in [0.25, 0.3) is 17.2 Å². The van der Waals surface area contributed by atoms with Gasteiger partial charge in [0, 0.05) is 28.5 Å². The van der Waals surface area contributed by atoms with Gasteiger partial charge < -0.3 is 10.1 Å². The molecule has 2 aromatic carbocycles. The van der Waals surface area contributed by atoms with Crippen molar-refractivity contribution in [2.45, 2.75) is 13.8 Å². The highest BCUT2D eigenvalue weighted by atomic mass is 32.1. The standard InChI is InChI=1S/C23H18N4O6S/c1-3-33-23(30)19-17-12-34-21(24-20(28)14-6-10-16(11-7-14)27(31)32)18(17)22(29)26(25-19)15-8-4-13(2)5-9-15/h4-12H,3H2,1-2H3,(H,24,28). The minimum atomic E-state index is -0.695. The number of non-ortho nitro benzene ring substituents is 1. The summed E-state index contributed by atoms with van der Waals surface area (Å²) in [7, 11) is 0. The van der Waals surface area contributed by atoms with Gasteiger partial charge in [-0.1, -0.05) is 17.7 Å². The molecule has 0 fully saturated rings. The van der Waals surface area contributed by atoms with E-state index in [0.717, 1.165) is 21.6 Å². The Morgan fingerprint density at radius 2 is 1.82 bits per heavy atom. The highest BCUT2D eigenvalue weighted by Crippen LogP contribution is 2.31. The maximum absolute atomic E-state index is 13.4. The van der Waals surface area contributed by atoms with Gasteiger partial charge in [-0.15, -0.1) is 11.3 Å². The molecule has 0 atom stereocenters. The molecular formula is C23H18N4O6S. The van der Waals surface area contributed by atoms with Gasteiger partial charge in [-0.25, -0.2) is 4.79 Å². The average molecular weight is 478 g/mol. The number of anilines is 1. The summed E-state index contributed by atoms with van der Waals surface area (Å²) >= 11 is 1.06. The van der Waals surface area contributed by atoms with Crippen LogP contribution in [0.2, 0.25) is 0 Å². The zero-order valence-corrected chi connectivity index (χ0v) is 18.9. The summed E-state index contributed by atoms with van der Waals surface area (Å²) in [4.78, 5) is 49.1. The van der Waals surface area contributed by atoms with Crippen LogP contribution in [0.25, 0.3) is 16.5 Å². The molecule has 2 aromatic heterocycles. The van der Waals surface area contributed by atoms with E-state index >= 15 is 0 Å². The summed E-state index contributed by atoms with van der Waals surface area (Å²) in [5, 5.41) is 19.9. The predicted octanol–water partition coefficient (Wildman–Crippen LogP) is 4.09. The molecule has 0 radical (unpaired) electrons. The van der Waals surface area contributed by atoms with Crippen molar-refractivity contribution in [3.05, 3.63) is 91.2 Å². The smallest absolute Gasteiger partial charge is 0.359 e. The number of hydrogen-bond donors (Lipinski definition) is 1. The number of carbonyl (C=O) groups excluding carboxylic acids is 2. The lowest BCUT2D eigenvalue weighted by Gasteiger charge is -2.10. The van der Waals surface area contributed by atoms with Gasteiger partial charge >= 0.3 is 5.97 Å². The summed E-state index contributed by atoms with van der Waals surface area (Å²) in [5.41, 5.74) is 0.878. The van der Waals surface area contributed by atoms with Gasteiger partial charge in [-0.3, -0.25) is 19.7 Å². The highest BCUT2D eigenvalue weighted by Gasteiger charge is 2.23. The molecule has 4 rings (SSSR count). The van der Waals surface area contributed by atoms with Crippen molar-refractivity contribution in [3.8, 4) is 5.69 Å². The molecule has 0 spiro atoms. The minimum Gasteiger partial charge on any atom is -0.461 e. The van der Waals surface area contributed by atoms with Crippen LogP contribution in [0, 0.1) is 17.0 Å². The van der Waals surface area contributed by atoms with Crippen LogP contribution in [-0.2, 0) is 4.74 Å². The SMILES string of the molecule is CCOC(=O)c1nn(-c2ccc(C)cc2)c(=O)c2c(NC(=O)c3ccc([N+](=O)[O-])cc3)scc12. The van der Waals surface area contributed by atoms with E-state index in [0.29, 0.717) is 5.69 Å². The molecule has 1 N–H and O–H groups in total. The van der Waals surface area contributed by atoms with Crippen molar-refractivity contribution >= 4 is 44.7 Å². The maximum Gasteiger partial charge on any atom is 0.359 e. The first-order chi connectivity index (χ1) is 16.3. The lowest BCUT2D eigenvalue weighted by molar-refractivity contribution is -0.384. The third-order valence-electron chi connectivity index (χ3n) is 4.97. The summed E-state index contributed by atoms with van der Waals surface area (Å²) in [5.74, 6) is -1.26. The Kier molecular flexibility index (Phi) is 6.19. The minimum absolute atomic E-state index is 0.0518. The Morgan fingerprint density at radius 3 is 2.44 bits per heavy atom. The predicted molar refractivity (Wildman–Crippen MR) is 127 cm³/mol. The van der Waals surface area contributed by atoms with Crippen LogP contribution < -0.4 is 10.9 Å². The van der Waals surface area contributed by atoms with Crippen molar-refractivity contribution in [2.75, 3.05) is 11.9 Å². The van der Waals surface area contributed by atoms with E-state index in [9.17, 15) is 24.5 Å². The van der Waals surface area contributed by atoms with Crippen LogP contribution in [0.4, 0.5) is 10.7 Å². The Balaban J connectivity index is 1.82. The van der Waals surface area contributed by atoms with Crippen molar-refractivity contribution in [1.82, 2.24) is 9.78 Å². The van der Waals surface area contributed by atoms with Crippen molar-refractivity contribution in [2.24, 2.45) is 0 Å². The fourth-order valence-electron chi connectivity index (χ4n) is 3.26. The van der Waals surface area contributed by atoms with Crippen molar-refractivity contribution in [1.29, 1.82) is 0 Å². The van der Waals surface area contributed by atoms with E-state index < -0.39 is 22.4 Å². The Bertz CT molecular complexity index is 1470. The average Bonchev–Trinajstić information content (AvgIpc) is 3.24. The monoisotopic (exact) mass is 478 g/mol. The molecule has 4 aromatic rings. The van der Waals surface area contributed by atoms with Gasteiger partial charge in [0.05, 0.1) is 22.6 Å². The lowest BCUT2D eigenvalue weighted by atomic mass is 10.2. The number of fused-ring (bicyclic) bond motifs is 1. The summed E-state index contributed by atoms with van der Waals surface area (Å²) in [6.45, 7) is 3.69. The van der Waals surface area contributed by atoms with Crippen molar-refractivity contribution < 1.29 is 19.2 Å². The first-order valence-electron chi connectivity index (χ1n) is 10.1. The molecule has 0 aliphatic heterocycles. The number of ether oxygens (including phenoxy) is 1. The van der Waals surface area contributed by atoms with Crippen LogP contribution >= 0.6 is 11.3 Å². The van der Waals surface area contributed by atoms with E-state index in [1.807, 2.05) is 19.1 Å². The van der Waals surface area contributed by atoms with Gasteiger partial charge in [0.2, 0.25) is 0 Å². The van der Waals surface area contributed by atoms with Gasteiger partial charge in [0.1, 0.15) is 5.00 Å².